The minimum Gasteiger partial charge on any atom is -0.395 e. The number of rotatable bonds is 2. The van der Waals surface area contributed by atoms with Crippen molar-refractivity contribution in [3.8, 4) is 0 Å². The third-order valence-corrected chi connectivity index (χ3v) is 3.57. The van der Waals surface area contributed by atoms with E-state index in [0.717, 1.165) is 18.5 Å². The minimum atomic E-state index is -0.892. The summed E-state index contributed by atoms with van der Waals surface area (Å²) in [6.07, 6.45) is 0.358. The van der Waals surface area contributed by atoms with Crippen molar-refractivity contribution in [2.24, 2.45) is 0 Å². The van der Waals surface area contributed by atoms with E-state index in [1.807, 2.05) is 0 Å². The van der Waals surface area contributed by atoms with E-state index in [1.54, 1.807) is 0 Å². The molecular formula is C11H16N4O3. The number of aliphatic hydroxyl groups excluding tert-OH is 2. The number of β-amino-alcohol motifs (C(OH)–C–C–N with tert-alkyl or cyclic N) is 2. The van der Waals surface area contributed by atoms with Crippen molar-refractivity contribution in [2.75, 3.05) is 18.8 Å². The molecule has 2 unspecified atom stereocenters. The Hall–Kier alpha value is -1.60. The maximum atomic E-state index is 12.2. The molecule has 2 heterocycles. The first-order valence-electron chi connectivity index (χ1n) is 6.07. The maximum Gasteiger partial charge on any atom is 0.276 e. The molecule has 98 valence electrons. The van der Waals surface area contributed by atoms with Gasteiger partial charge >= 0.3 is 0 Å². The Morgan fingerprint density at radius 2 is 1.94 bits per heavy atom. The first-order valence-corrected chi connectivity index (χ1v) is 6.07. The molecule has 0 aromatic carbocycles. The molecule has 2 fully saturated rings. The summed E-state index contributed by atoms with van der Waals surface area (Å²) >= 11 is 0. The lowest BCUT2D eigenvalue weighted by atomic mass is 10.2. The number of likely N-dealkylation sites (tertiary alicyclic amines) is 1. The largest absolute Gasteiger partial charge is 0.395 e. The van der Waals surface area contributed by atoms with Gasteiger partial charge in [-0.05, 0) is 12.8 Å². The van der Waals surface area contributed by atoms with Crippen LogP contribution in [0.5, 0.6) is 0 Å². The molecule has 7 heteroatoms. The minimum absolute atomic E-state index is 0.116. The van der Waals surface area contributed by atoms with Gasteiger partial charge in [-0.2, -0.15) is 5.10 Å². The van der Waals surface area contributed by atoms with Gasteiger partial charge in [-0.3, -0.25) is 9.89 Å². The van der Waals surface area contributed by atoms with E-state index in [1.165, 1.54) is 4.90 Å². The van der Waals surface area contributed by atoms with Gasteiger partial charge in [-0.15, -0.1) is 0 Å². The molecule has 1 aromatic rings. The quantitative estimate of drug-likeness (QED) is 0.541. The normalized spacial score (nSPS) is 27.8. The van der Waals surface area contributed by atoms with Crippen LogP contribution in [0.25, 0.3) is 0 Å². The lowest BCUT2D eigenvalue weighted by Gasteiger charge is -2.13. The zero-order valence-corrected chi connectivity index (χ0v) is 9.83. The highest BCUT2D eigenvalue weighted by molar-refractivity contribution is 5.98. The maximum absolute atomic E-state index is 12.2. The SMILES string of the molecule is Nc1c(C(=O)N2CC(O)C(O)C2)n[nH]c1C1CC1. The van der Waals surface area contributed by atoms with E-state index in [-0.39, 0.29) is 24.7 Å². The Kier molecular flexibility index (Phi) is 2.53. The van der Waals surface area contributed by atoms with Gasteiger partial charge in [-0.25, -0.2) is 0 Å². The van der Waals surface area contributed by atoms with E-state index < -0.39 is 12.2 Å². The number of aromatic amines is 1. The fourth-order valence-electron chi connectivity index (χ4n) is 2.30. The number of anilines is 1. The van der Waals surface area contributed by atoms with Gasteiger partial charge in [0.25, 0.3) is 5.91 Å². The summed E-state index contributed by atoms with van der Waals surface area (Å²) in [7, 11) is 0. The molecule has 2 atom stereocenters. The molecule has 3 rings (SSSR count). The number of nitrogens with one attached hydrogen (secondary N) is 1. The van der Waals surface area contributed by atoms with Crippen molar-refractivity contribution < 1.29 is 15.0 Å². The Morgan fingerprint density at radius 3 is 2.50 bits per heavy atom. The van der Waals surface area contributed by atoms with Crippen molar-refractivity contribution in [3.05, 3.63) is 11.4 Å². The van der Waals surface area contributed by atoms with Crippen molar-refractivity contribution in [1.82, 2.24) is 15.1 Å². The molecule has 2 aliphatic rings. The van der Waals surface area contributed by atoms with Gasteiger partial charge in [0.2, 0.25) is 0 Å². The van der Waals surface area contributed by atoms with Crippen LogP contribution in [0, 0.1) is 0 Å². The molecule has 1 saturated carbocycles. The van der Waals surface area contributed by atoms with Crippen LogP contribution in [0.3, 0.4) is 0 Å². The van der Waals surface area contributed by atoms with Gasteiger partial charge in [0.05, 0.1) is 23.6 Å². The Balaban J connectivity index is 1.80. The fraction of sp³-hybridized carbons (Fsp3) is 0.636. The van der Waals surface area contributed by atoms with Crippen molar-refractivity contribution in [2.45, 2.75) is 31.0 Å². The summed E-state index contributed by atoms with van der Waals surface area (Å²) < 4.78 is 0. The number of carbonyl (C=O) groups excluding carboxylic acids is 1. The van der Waals surface area contributed by atoms with Gasteiger partial charge in [0.15, 0.2) is 5.69 Å². The van der Waals surface area contributed by atoms with E-state index in [4.69, 9.17) is 5.73 Å². The summed E-state index contributed by atoms with van der Waals surface area (Å²) in [6, 6.07) is 0. The zero-order valence-electron chi connectivity index (χ0n) is 9.83. The Bertz CT molecular complexity index is 473. The van der Waals surface area contributed by atoms with E-state index in [2.05, 4.69) is 10.2 Å². The summed E-state index contributed by atoms with van der Waals surface area (Å²) in [6.45, 7) is 0.232. The number of carbonyl (C=O) groups is 1. The molecule has 1 saturated heterocycles. The molecule has 1 aliphatic carbocycles. The van der Waals surface area contributed by atoms with Crippen LogP contribution in [0.1, 0.15) is 34.9 Å². The first-order chi connectivity index (χ1) is 8.58. The van der Waals surface area contributed by atoms with Crippen molar-refractivity contribution in [1.29, 1.82) is 0 Å². The second kappa shape index (κ2) is 3.96. The van der Waals surface area contributed by atoms with Crippen LogP contribution >= 0.6 is 0 Å². The molecule has 1 aromatic heterocycles. The second-order valence-electron chi connectivity index (χ2n) is 5.02. The Morgan fingerprint density at radius 1 is 1.33 bits per heavy atom. The highest BCUT2D eigenvalue weighted by atomic mass is 16.3. The number of nitrogens with zero attached hydrogens (tertiary/aromatic N) is 2. The number of nitrogen functional groups attached to an aromatic ring is 1. The highest BCUT2D eigenvalue weighted by Crippen LogP contribution is 2.42. The average molecular weight is 252 g/mol. The van der Waals surface area contributed by atoms with Crippen molar-refractivity contribution >= 4 is 11.6 Å². The number of H-pyrrole nitrogens is 1. The van der Waals surface area contributed by atoms with E-state index >= 15 is 0 Å². The number of hydrogen-bond acceptors (Lipinski definition) is 5. The average Bonchev–Trinajstić information content (AvgIpc) is 3.03. The number of hydrogen-bond donors (Lipinski definition) is 4. The zero-order chi connectivity index (χ0) is 12.9. The molecule has 0 bridgehead atoms. The third kappa shape index (κ3) is 1.75. The molecule has 1 aliphatic heterocycles. The predicted octanol–water partition coefficient (Wildman–Crippen LogP) is -0.953. The van der Waals surface area contributed by atoms with Crippen LogP contribution in [0.2, 0.25) is 0 Å². The predicted molar refractivity (Wildman–Crippen MR) is 62.9 cm³/mol. The lowest BCUT2D eigenvalue weighted by molar-refractivity contribution is 0.0572. The summed E-state index contributed by atoms with van der Waals surface area (Å²) in [5.74, 6) is 0.0556. The summed E-state index contributed by atoms with van der Waals surface area (Å²) in [5.41, 5.74) is 7.34. The van der Waals surface area contributed by atoms with Gasteiger partial charge in [0, 0.05) is 19.0 Å². The summed E-state index contributed by atoms with van der Waals surface area (Å²) in [4.78, 5) is 13.5. The number of aromatic nitrogens is 2. The molecule has 5 N–H and O–H groups in total. The van der Waals surface area contributed by atoms with Crippen LogP contribution < -0.4 is 5.73 Å². The standard InChI is InChI=1S/C11H16N4O3/c12-8-9(5-1-2-5)13-14-10(8)11(18)15-3-6(16)7(17)4-15/h5-7,16-17H,1-4,12H2,(H,13,14). The smallest absolute Gasteiger partial charge is 0.276 e. The van der Waals surface area contributed by atoms with E-state index in [9.17, 15) is 15.0 Å². The molecule has 0 radical (unpaired) electrons. The molecule has 7 nitrogen and oxygen atoms in total. The molecule has 1 amide bonds. The van der Waals surface area contributed by atoms with E-state index in [0.29, 0.717) is 11.6 Å². The monoisotopic (exact) mass is 252 g/mol. The van der Waals surface area contributed by atoms with Crippen LogP contribution in [0.4, 0.5) is 5.69 Å². The third-order valence-electron chi connectivity index (χ3n) is 3.57. The number of aliphatic hydroxyl groups is 2. The Labute approximate surface area is 104 Å². The molecule has 0 spiro atoms. The molecule has 18 heavy (non-hydrogen) atoms. The highest BCUT2D eigenvalue weighted by Gasteiger charge is 2.36. The number of amides is 1. The van der Waals surface area contributed by atoms with Gasteiger partial charge < -0.3 is 20.8 Å². The second-order valence-corrected chi connectivity index (χ2v) is 5.02. The topological polar surface area (TPSA) is 115 Å². The first kappa shape index (κ1) is 11.5. The van der Waals surface area contributed by atoms with Crippen LogP contribution in [0.15, 0.2) is 0 Å². The fourth-order valence-corrected chi connectivity index (χ4v) is 2.30. The lowest BCUT2D eigenvalue weighted by Crippen LogP contribution is -2.30. The van der Waals surface area contributed by atoms with Gasteiger partial charge in [-0.1, -0.05) is 0 Å². The number of nitrogens with two attached hydrogens (primary N) is 1. The molecular weight excluding hydrogens is 236 g/mol. The van der Waals surface area contributed by atoms with Crippen LogP contribution in [-0.2, 0) is 0 Å². The van der Waals surface area contributed by atoms with Crippen molar-refractivity contribution in [3.63, 3.8) is 0 Å². The summed E-state index contributed by atoms with van der Waals surface area (Å²) in [5, 5.41) is 25.6. The van der Waals surface area contributed by atoms with Crippen LogP contribution in [-0.4, -0.2) is 56.5 Å². The van der Waals surface area contributed by atoms with Gasteiger partial charge in [0.1, 0.15) is 0 Å².